The third-order valence-electron chi connectivity index (χ3n) is 7.67. The van der Waals surface area contributed by atoms with Crippen LogP contribution < -0.4 is 0 Å². The predicted octanol–water partition coefficient (Wildman–Crippen LogP) is 10.4. The Labute approximate surface area is 237 Å². The van der Waals surface area contributed by atoms with E-state index in [1.54, 1.807) is 30.5 Å². The van der Waals surface area contributed by atoms with Crippen LogP contribution in [0.1, 0.15) is 122 Å². The van der Waals surface area contributed by atoms with Crippen LogP contribution in [-0.4, -0.2) is 20.2 Å². The molecule has 0 amide bonds. The second-order valence-corrected chi connectivity index (χ2v) is 11.1. The molecule has 3 rings (SSSR count). The molecule has 0 saturated heterocycles. The molecule has 1 heterocycles. The highest BCUT2D eigenvalue weighted by atomic mass is 16.3. The van der Waals surface area contributed by atoms with Crippen molar-refractivity contribution >= 4 is 0 Å². The van der Waals surface area contributed by atoms with Crippen LogP contribution in [0.5, 0.6) is 11.5 Å². The van der Waals surface area contributed by atoms with Gasteiger partial charge in [0.2, 0.25) is 0 Å². The number of aromatic hydroxyl groups is 2. The maximum absolute atomic E-state index is 9.70. The summed E-state index contributed by atoms with van der Waals surface area (Å²) in [6.07, 6.45) is 25.9. The molecule has 0 radical (unpaired) electrons. The first-order valence-electron chi connectivity index (χ1n) is 15.6. The Morgan fingerprint density at radius 3 is 1.38 bits per heavy atom. The summed E-state index contributed by atoms with van der Waals surface area (Å²) in [5, 5.41) is 19.3. The molecule has 0 atom stereocenters. The Morgan fingerprint density at radius 1 is 0.513 bits per heavy atom. The van der Waals surface area contributed by atoms with Gasteiger partial charge in [0.05, 0.1) is 23.3 Å². The molecule has 0 saturated carbocycles. The number of hydrogen-bond donors (Lipinski definition) is 2. The van der Waals surface area contributed by atoms with Gasteiger partial charge in [-0.05, 0) is 61.4 Å². The first-order valence-corrected chi connectivity index (χ1v) is 15.6. The minimum atomic E-state index is 0.246. The predicted molar refractivity (Wildman–Crippen MR) is 164 cm³/mol. The zero-order valence-corrected chi connectivity index (χ0v) is 24.2. The van der Waals surface area contributed by atoms with Crippen molar-refractivity contribution in [3.05, 3.63) is 60.4 Å². The van der Waals surface area contributed by atoms with E-state index in [1.165, 1.54) is 103 Å². The lowest BCUT2D eigenvalue weighted by molar-refractivity contribution is 0.475. The fraction of sp³-hybridized carbons (Fsp3) is 0.543. The van der Waals surface area contributed by atoms with Gasteiger partial charge < -0.3 is 10.2 Å². The molecule has 4 nitrogen and oxygen atoms in total. The zero-order valence-electron chi connectivity index (χ0n) is 24.2. The van der Waals surface area contributed by atoms with E-state index in [2.05, 4.69) is 6.92 Å². The van der Waals surface area contributed by atoms with Gasteiger partial charge in [0.25, 0.3) is 0 Å². The van der Waals surface area contributed by atoms with Gasteiger partial charge in [-0.2, -0.15) is 0 Å². The average molecular weight is 531 g/mol. The average Bonchev–Trinajstić information content (AvgIpc) is 2.95. The van der Waals surface area contributed by atoms with Crippen LogP contribution >= 0.6 is 0 Å². The fourth-order valence-corrected chi connectivity index (χ4v) is 5.25. The number of benzene rings is 2. The van der Waals surface area contributed by atoms with E-state index < -0.39 is 0 Å². The van der Waals surface area contributed by atoms with Gasteiger partial charge in [-0.1, -0.05) is 110 Å². The molecule has 0 bridgehead atoms. The standard InChI is InChI=1S/C35H50N2O2/c1-2-3-4-5-6-7-8-9-10-11-12-13-14-15-16-17-18-19-33-35(30-22-26-32(39)27-23-30)36-28-34(37-33)29-20-24-31(38)25-21-29/h20-28,38-39H,2-19H2,1H3. The fourth-order valence-electron chi connectivity index (χ4n) is 5.25. The molecule has 3 aromatic rings. The van der Waals surface area contributed by atoms with Crippen molar-refractivity contribution in [2.45, 2.75) is 122 Å². The van der Waals surface area contributed by atoms with Crippen LogP contribution in [0, 0.1) is 0 Å². The smallest absolute Gasteiger partial charge is 0.115 e. The Hall–Kier alpha value is -2.88. The molecule has 212 valence electrons. The molecule has 0 unspecified atom stereocenters. The van der Waals surface area contributed by atoms with Crippen molar-refractivity contribution in [1.29, 1.82) is 0 Å². The minimum absolute atomic E-state index is 0.246. The lowest BCUT2D eigenvalue weighted by Gasteiger charge is -2.11. The summed E-state index contributed by atoms with van der Waals surface area (Å²) in [5.74, 6) is 0.498. The third-order valence-corrected chi connectivity index (χ3v) is 7.67. The Balaban J connectivity index is 1.34. The largest absolute Gasteiger partial charge is 0.508 e. The van der Waals surface area contributed by atoms with Gasteiger partial charge in [0.15, 0.2) is 0 Å². The van der Waals surface area contributed by atoms with Crippen molar-refractivity contribution in [2.24, 2.45) is 0 Å². The lowest BCUT2D eigenvalue weighted by atomic mass is 10.0. The first kappa shape index (κ1) is 30.7. The molecule has 4 heteroatoms. The topological polar surface area (TPSA) is 66.2 Å². The second kappa shape index (κ2) is 18.4. The van der Waals surface area contributed by atoms with Crippen LogP contribution in [0.3, 0.4) is 0 Å². The quantitative estimate of drug-likeness (QED) is 0.143. The molecule has 0 spiro atoms. The maximum Gasteiger partial charge on any atom is 0.115 e. The van der Waals surface area contributed by atoms with E-state index in [1.807, 2.05) is 24.3 Å². The van der Waals surface area contributed by atoms with E-state index in [4.69, 9.17) is 9.97 Å². The number of aromatic nitrogens is 2. The molecule has 0 aliphatic heterocycles. The number of rotatable bonds is 20. The normalized spacial score (nSPS) is 11.2. The summed E-state index contributed by atoms with van der Waals surface area (Å²) >= 11 is 0. The summed E-state index contributed by atoms with van der Waals surface area (Å²) in [7, 11) is 0. The number of phenols is 2. The van der Waals surface area contributed by atoms with Crippen molar-refractivity contribution in [3.8, 4) is 34.0 Å². The highest BCUT2D eigenvalue weighted by molar-refractivity contribution is 5.66. The lowest BCUT2D eigenvalue weighted by Crippen LogP contribution is -2.00. The van der Waals surface area contributed by atoms with Crippen molar-refractivity contribution in [3.63, 3.8) is 0 Å². The van der Waals surface area contributed by atoms with E-state index in [0.29, 0.717) is 0 Å². The van der Waals surface area contributed by atoms with Gasteiger partial charge in [0, 0.05) is 11.1 Å². The summed E-state index contributed by atoms with van der Waals surface area (Å²) in [6.45, 7) is 2.29. The Kier molecular flexibility index (Phi) is 14.5. The zero-order chi connectivity index (χ0) is 27.5. The van der Waals surface area contributed by atoms with Gasteiger partial charge in [-0.25, -0.2) is 4.98 Å². The molecular formula is C35H50N2O2. The molecule has 2 N–H and O–H groups in total. The summed E-state index contributed by atoms with van der Waals surface area (Å²) < 4.78 is 0. The summed E-state index contributed by atoms with van der Waals surface area (Å²) in [4.78, 5) is 9.74. The van der Waals surface area contributed by atoms with Crippen LogP contribution in [0.15, 0.2) is 54.7 Å². The molecule has 1 aromatic heterocycles. The van der Waals surface area contributed by atoms with Gasteiger partial charge in [-0.3, -0.25) is 4.98 Å². The van der Waals surface area contributed by atoms with E-state index in [0.717, 1.165) is 41.1 Å². The van der Waals surface area contributed by atoms with Crippen LogP contribution in [0.25, 0.3) is 22.5 Å². The third kappa shape index (κ3) is 11.8. The number of aryl methyl sites for hydroxylation is 1. The number of nitrogens with zero attached hydrogens (tertiary/aromatic N) is 2. The monoisotopic (exact) mass is 530 g/mol. The number of phenolic OH excluding ortho intramolecular Hbond substituents is 2. The number of hydrogen-bond acceptors (Lipinski definition) is 4. The molecule has 0 aliphatic rings. The highest BCUT2D eigenvalue weighted by Crippen LogP contribution is 2.27. The van der Waals surface area contributed by atoms with Crippen molar-refractivity contribution in [1.82, 2.24) is 9.97 Å². The summed E-state index contributed by atoms with van der Waals surface area (Å²) in [6, 6.07) is 14.3. The van der Waals surface area contributed by atoms with Gasteiger partial charge in [-0.15, -0.1) is 0 Å². The molecule has 39 heavy (non-hydrogen) atoms. The molecule has 2 aromatic carbocycles. The SMILES string of the molecule is CCCCCCCCCCCCCCCCCCCc1nc(-c2ccc(O)cc2)cnc1-c1ccc(O)cc1. The van der Waals surface area contributed by atoms with Crippen molar-refractivity contribution in [2.75, 3.05) is 0 Å². The maximum atomic E-state index is 9.70. The molecule has 0 aliphatic carbocycles. The molecule has 0 fully saturated rings. The number of unbranched alkanes of at least 4 members (excludes halogenated alkanes) is 16. The van der Waals surface area contributed by atoms with Crippen molar-refractivity contribution < 1.29 is 10.2 Å². The van der Waals surface area contributed by atoms with Crippen LogP contribution in [0.4, 0.5) is 0 Å². The van der Waals surface area contributed by atoms with E-state index >= 15 is 0 Å². The van der Waals surface area contributed by atoms with Gasteiger partial charge >= 0.3 is 0 Å². The summed E-state index contributed by atoms with van der Waals surface area (Å²) in [5.41, 5.74) is 4.61. The van der Waals surface area contributed by atoms with E-state index in [9.17, 15) is 10.2 Å². The highest BCUT2D eigenvalue weighted by Gasteiger charge is 2.12. The molecular weight excluding hydrogens is 480 g/mol. The Bertz CT molecular complexity index is 1050. The Morgan fingerprint density at radius 2 is 0.923 bits per heavy atom. The van der Waals surface area contributed by atoms with E-state index in [-0.39, 0.29) is 11.5 Å². The van der Waals surface area contributed by atoms with Crippen LogP contribution in [-0.2, 0) is 6.42 Å². The van der Waals surface area contributed by atoms with Crippen LogP contribution in [0.2, 0.25) is 0 Å². The van der Waals surface area contributed by atoms with Gasteiger partial charge in [0.1, 0.15) is 11.5 Å². The second-order valence-electron chi connectivity index (χ2n) is 11.1. The first-order chi connectivity index (χ1) is 19.2. The minimum Gasteiger partial charge on any atom is -0.508 e.